The SMILES string of the molecule is COc1cc(C=CC(=O)OCC(=O)Nc2ccc(Cl)cc2F)ccc1O. The van der Waals surface area contributed by atoms with E-state index in [1.54, 1.807) is 6.07 Å². The Balaban J connectivity index is 1.87. The first-order chi connectivity index (χ1) is 12.4. The van der Waals surface area contributed by atoms with Crippen LogP contribution in [0.4, 0.5) is 10.1 Å². The third-order valence-corrected chi connectivity index (χ3v) is 3.40. The minimum Gasteiger partial charge on any atom is -0.504 e. The van der Waals surface area contributed by atoms with Gasteiger partial charge in [-0.2, -0.15) is 0 Å². The lowest BCUT2D eigenvalue weighted by Gasteiger charge is -2.06. The zero-order chi connectivity index (χ0) is 19.1. The molecule has 2 aromatic carbocycles. The van der Waals surface area contributed by atoms with Crippen LogP contribution in [0.15, 0.2) is 42.5 Å². The maximum atomic E-state index is 13.6. The van der Waals surface area contributed by atoms with E-state index in [2.05, 4.69) is 5.32 Å². The zero-order valence-electron chi connectivity index (χ0n) is 13.7. The minimum absolute atomic E-state index is 0.0293. The maximum absolute atomic E-state index is 13.6. The quantitative estimate of drug-likeness (QED) is 0.593. The molecular formula is C18H15ClFNO5. The lowest BCUT2D eigenvalue weighted by atomic mass is 10.2. The molecule has 0 unspecified atom stereocenters. The van der Waals surface area contributed by atoms with Crippen LogP contribution in [0.25, 0.3) is 6.08 Å². The topological polar surface area (TPSA) is 84.9 Å². The normalized spacial score (nSPS) is 10.6. The van der Waals surface area contributed by atoms with Gasteiger partial charge < -0.3 is 19.9 Å². The summed E-state index contributed by atoms with van der Waals surface area (Å²) in [6.45, 7) is -0.579. The third-order valence-electron chi connectivity index (χ3n) is 3.17. The Hall–Kier alpha value is -3.06. The Labute approximate surface area is 153 Å². The van der Waals surface area contributed by atoms with Gasteiger partial charge in [0.25, 0.3) is 5.91 Å². The van der Waals surface area contributed by atoms with Crippen molar-refractivity contribution in [2.75, 3.05) is 19.0 Å². The lowest BCUT2D eigenvalue weighted by Crippen LogP contribution is -2.20. The molecule has 0 aromatic heterocycles. The number of carbonyl (C=O) groups is 2. The molecule has 0 aliphatic heterocycles. The second-order valence-electron chi connectivity index (χ2n) is 5.04. The summed E-state index contributed by atoms with van der Waals surface area (Å²) in [5.74, 6) is -1.93. The number of methoxy groups -OCH3 is 1. The van der Waals surface area contributed by atoms with Gasteiger partial charge >= 0.3 is 5.97 Å². The number of halogens is 2. The van der Waals surface area contributed by atoms with Crippen molar-refractivity contribution in [2.45, 2.75) is 0 Å². The van der Waals surface area contributed by atoms with E-state index in [0.29, 0.717) is 5.56 Å². The summed E-state index contributed by atoms with van der Waals surface area (Å²) < 4.78 is 23.3. The van der Waals surface area contributed by atoms with E-state index in [-0.39, 0.29) is 22.2 Å². The van der Waals surface area contributed by atoms with Crippen molar-refractivity contribution in [1.29, 1.82) is 0 Å². The van der Waals surface area contributed by atoms with E-state index < -0.39 is 24.3 Å². The van der Waals surface area contributed by atoms with E-state index in [4.69, 9.17) is 21.1 Å². The zero-order valence-corrected chi connectivity index (χ0v) is 14.4. The van der Waals surface area contributed by atoms with Gasteiger partial charge in [-0.1, -0.05) is 17.7 Å². The molecule has 0 spiro atoms. The number of amides is 1. The summed E-state index contributed by atoms with van der Waals surface area (Å²) >= 11 is 5.62. The van der Waals surface area contributed by atoms with Crippen LogP contribution in [0.2, 0.25) is 5.02 Å². The van der Waals surface area contributed by atoms with E-state index >= 15 is 0 Å². The van der Waals surface area contributed by atoms with Crippen LogP contribution in [0.3, 0.4) is 0 Å². The van der Waals surface area contributed by atoms with Crippen molar-refractivity contribution >= 4 is 35.2 Å². The predicted molar refractivity (Wildman–Crippen MR) is 94.7 cm³/mol. The average molecular weight is 380 g/mol. The number of hydrogen-bond acceptors (Lipinski definition) is 5. The molecule has 2 aromatic rings. The lowest BCUT2D eigenvalue weighted by molar-refractivity contribution is -0.142. The molecule has 1 amide bonds. The summed E-state index contributed by atoms with van der Waals surface area (Å²) in [4.78, 5) is 23.3. The molecule has 8 heteroatoms. The van der Waals surface area contributed by atoms with E-state index in [1.807, 2.05) is 0 Å². The van der Waals surface area contributed by atoms with Crippen LogP contribution >= 0.6 is 11.6 Å². The summed E-state index contributed by atoms with van der Waals surface area (Å²) in [6.07, 6.45) is 2.54. The van der Waals surface area contributed by atoms with E-state index in [0.717, 1.165) is 12.1 Å². The number of carbonyl (C=O) groups excluding carboxylic acids is 2. The summed E-state index contributed by atoms with van der Waals surface area (Å²) in [7, 11) is 1.40. The van der Waals surface area contributed by atoms with Gasteiger partial charge in [0, 0.05) is 11.1 Å². The fraction of sp³-hybridized carbons (Fsp3) is 0.111. The van der Waals surface area contributed by atoms with Gasteiger partial charge in [0.1, 0.15) is 5.82 Å². The van der Waals surface area contributed by atoms with Gasteiger partial charge in [-0.15, -0.1) is 0 Å². The van der Waals surface area contributed by atoms with Gasteiger partial charge in [-0.05, 0) is 42.0 Å². The van der Waals surface area contributed by atoms with E-state index in [1.165, 1.54) is 37.5 Å². The predicted octanol–water partition coefficient (Wildman–Crippen LogP) is 3.39. The number of esters is 1. The van der Waals surface area contributed by atoms with Crippen molar-refractivity contribution in [1.82, 2.24) is 0 Å². The molecule has 0 fully saturated rings. The number of ether oxygens (including phenoxy) is 2. The maximum Gasteiger partial charge on any atom is 0.331 e. The summed E-state index contributed by atoms with van der Waals surface area (Å²) in [5.41, 5.74) is 0.520. The standard InChI is InChI=1S/C18H15ClFNO5/c1-25-16-8-11(2-6-15(16)22)3-7-18(24)26-10-17(23)21-14-5-4-12(19)9-13(14)20/h2-9,22H,10H2,1H3,(H,21,23). The molecule has 0 bridgehead atoms. The number of aromatic hydroxyl groups is 1. The Morgan fingerprint density at radius 1 is 1.27 bits per heavy atom. The molecule has 0 saturated carbocycles. The molecule has 0 atom stereocenters. The van der Waals surface area contributed by atoms with Crippen LogP contribution in [0, 0.1) is 5.82 Å². The van der Waals surface area contributed by atoms with Crippen molar-refractivity contribution in [3.63, 3.8) is 0 Å². The number of phenolic OH excluding ortho intramolecular Hbond substituents is 1. The molecule has 0 radical (unpaired) electrons. The number of phenols is 1. The highest BCUT2D eigenvalue weighted by atomic mass is 35.5. The monoisotopic (exact) mass is 379 g/mol. The van der Waals surface area contributed by atoms with Gasteiger partial charge in [-0.25, -0.2) is 9.18 Å². The smallest absolute Gasteiger partial charge is 0.331 e. The van der Waals surface area contributed by atoms with Gasteiger partial charge in [0.05, 0.1) is 12.8 Å². The van der Waals surface area contributed by atoms with Crippen LogP contribution < -0.4 is 10.1 Å². The summed E-state index contributed by atoms with van der Waals surface area (Å²) in [6, 6.07) is 8.28. The average Bonchev–Trinajstić information content (AvgIpc) is 2.61. The number of benzene rings is 2. The number of rotatable bonds is 6. The molecule has 26 heavy (non-hydrogen) atoms. The largest absolute Gasteiger partial charge is 0.504 e. The van der Waals surface area contributed by atoms with E-state index in [9.17, 15) is 19.1 Å². The van der Waals surface area contributed by atoms with Gasteiger partial charge in [-0.3, -0.25) is 4.79 Å². The number of nitrogens with one attached hydrogen (secondary N) is 1. The fourth-order valence-electron chi connectivity index (χ4n) is 1.92. The molecule has 0 aliphatic carbocycles. The Kier molecular flexibility index (Phi) is 6.57. The molecule has 2 N–H and O–H groups in total. The highest BCUT2D eigenvalue weighted by Gasteiger charge is 2.09. The molecule has 2 rings (SSSR count). The highest BCUT2D eigenvalue weighted by Crippen LogP contribution is 2.26. The van der Waals surface area contributed by atoms with Crippen LogP contribution in [-0.4, -0.2) is 30.7 Å². The van der Waals surface area contributed by atoms with Gasteiger partial charge in [0.15, 0.2) is 18.1 Å². The minimum atomic E-state index is -0.760. The molecule has 0 heterocycles. The highest BCUT2D eigenvalue weighted by molar-refractivity contribution is 6.30. The Morgan fingerprint density at radius 2 is 2.04 bits per heavy atom. The van der Waals surface area contributed by atoms with Crippen molar-refractivity contribution < 1.29 is 28.6 Å². The van der Waals surface area contributed by atoms with Crippen LogP contribution in [0.5, 0.6) is 11.5 Å². The first kappa shape index (κ1) is 19.3. The third kappa shape index (κ3) is 5.49. The molecule has 6 nitrogen and oxygen atoms in total. The molecule has 0 saturated heterocycles. The summed E-state index contributed by atoms with van der Waals surface area (Å²) in [5, 5.41) is 12.0. The molecular weight excluding hydrogens is 365 g/mol. The fourth-order valence-corrected chi connectivity index (χ4v) is 2.08. The van der Waals surface area contributed by atoms with Crippen LogP contribution in [0.1, 0.15) is 5.56 Å². The van der Waals surface area contributed by atoms with Crippen molar-refractivity contribution in [2.24, 2.45) is 0 Å². The Morgan fingerprint density at radius 3 is 2.73 bits per heavy atom. The second-order valence-corrected chi connectivity index (χ2v) is 5.48. The van der Waals surface area contributed by atoms with Crippen LogP contribution in [-0.2, 0) is 14.3 Å². The second kappa shape index (κ2) is 8.87. The first-order valence-electron chi connectivity index (χ1n) is 7.36. The molecule has 0 aliphatic rings. The number of hydrogen-bond donors (Lipinski definition) is 2. The van der Waals surface area contributed by atoms with Crippen molar-refractivity contribution in [3.8, 4) is 11.5 Å². The number of anilines is 1. The Bertz CT molecular complexity index is 853. The van der Waals surface area contributed by atoms with Crippen molar-refractivity contribution in [3.05, 3.63) is 58.9 Å². The molecule has 136 valence electrons. The first-order valence-corrected chi connectivity index (χ1v) is 7.73. The van der Waals surface area contributed by atoms with Gasteiger partial charge in [0.2, 0.25) is 0 Å².